The molecular formula is C11H15N2+. The molecule has 68 valence electrons. The number of rotatable bonds is 1. The van der Waals surface area contributed by atoms with Crippen LogP contribution in [0.15, 0.2) is 23.3 Å². The average molecular weight is 175 g/mol. The summed E-state index contributed by atoms with van der Waals surface area (Å²) in [7, 11) is 0. The van der Waals surface area contributed by atoms with E-state index in [9.17, 15) is 0 Å². The monoisotopic (exact) mass is 175 g/mol. The molecule has 0 aromatic carbocycles. The summed E-state index contributed by atoms with van der Waals surface area (Å²) < 4.78 is 2.12. The third-order valence-electron chi connectivity index (χ3n) is 2.36. The molecule has 0 aliphatic carbocycles. The molecule has 2 heterocycles. The van der Waals surface area contributed by atoms with Crippen molar-refractivity contribution in [1.29, 1.82) is 0 Å². The summed E-state index contributed by atoms with van der Waals surface area (Å²) in [6, 6.07) is 4.57. The maximum Gasteiger partial charge on any atom is 0.322 e. The Kier molecular flexibility index (Phi) is 1.91. The molecule has 2 rings (SSSR count). The van der Waals surface area contributed by atoms with E-state index in [0.29, 0.717) is 12.0 Å². The molecule has 1 unspecified atom stereocenters. The van der Waals surface area contributed by atoms with E-state index in [4.69, 9.17) is 0 Å². The normalized spacial score (nSPS) is 19.5. The molecule has 1 aliphatic rings. The Morgan fingerprint density at radius 2 is 2.15 bits per heavy atom. The highest BCUT2D eigenvalue weighted by molar-refractivity contribution is 5.10. The standard InChI is InChI=1S/C11H15N2/c1-8(2)10-4-5-11-12-9(3)6-13(11)7-10/h4-9H,1-3H3/q+1. The zero-order chi connectivity index (χ0) is 9.42. The molecule has 0 amide bonds. The predicted octanol–water partition coefficient (Wildman–Crippen LogP) is 1.13. The third-order valence-corrected chi connectivity index (χ3v) is 2.36. The fraction of sp³-hybridized carbons (Fsp3) is 0.455. The zero-order valence-corrected chi connectivity index (χ0v) is 8.36. The molecule has 1 atom stereocenters. The second-order valence-corrected chi connectivity index (χ2v) is 3.90. The molecule has 1 aromatic heterocycles. The van der Waals surface area contributed by atoms with Gasteiger partial charge >= 0.3 is 5.49 Å². The maximum absolute atomic E-state index is 4.46. The summed E-state index contributed by atoms with van der Waals surface area (Å²) in [4.78, 5) is 4.46. The van der Waals surface area contributed by atoms with Crippen LogP contribution in [-0.2, 0) is 0 Å². The van der Waals surface area contributed by atoms with Crippen LogP contribution in [0.25, 0.3) is 0 Å². The molecule has 0 radical (unpaired) electrons. The summed E-state index contributed by atoms with van der Waals surface area (Å²) in [5.41, 5.74) is 2.43. The van der Waals surface area contributed by atoms with Gasteiger partial charge in [-0.05, 0) is 24.5 Å². The van der Waals surface area contributed by atoms with E-state index in [1.165, 1.54) is 5.56 Å². The first kappa shape index (κ1) is 8.42. The van der Waals surface area contributed by atoms with Crippen molar-refractivity contribution < 1.29 is 4.24 Å². The number of fused-ring (bicyclic) bond motifs is 1. The Morgan fingerprint density at radius 1 is 1.38 bits per heavy atom. The van der Waals surface area contributed by atoms with Crippen molar-refractivity contribution in [1.82, 2.24) is 0 Å². The first-order chi connectivity index (χ1) is 6.16. The fourth-order valence-corrected chi connectivity index (χ4v) is 1.57. The Bertz CT molecular complexity index is 432. The lowest BCUT2D eigenvalue weighted by Crippen LogP contribution is -2.34. The highest BCUT2D eigenvalue weighted by Crippen LogP contribution is 2.09. The van der Waals surface area contributed by atoms with Crippen LogP contribution < -0.4 is 9.73 Å². The van der Waals surface area contributed by atoms with E-state index in [2.05, 4.69) is 54.6 Å². The van der Waals surface area contributed by atoms with Gasteiger partial charge in [0.05, 0.1) is 6.20 Å². The molecule has 0 fully saturated rings. The molecule has 0 saturated heterocycles. The van der Waals surface area contributed by atoms with Crippen LogP contribution in [0.2, 0.25) is 0 Å². The Morgan fingerprint density at radius 3 is 2.85 bits per heavy atom. The first-order valence-electron chi connectivity index (χ1n) is 4.78. The Balaban J connectivity index is 2.59. The Labute approximate surface area is 78.3 Å². The first-order valence-corrected chi connectivity index (χ1v) is 4.78. The largest absolute Gasteiger partial charge is 0.322 e. The Hall–Kier alpha value is -1.18. The molecule has 0 N–H and O–H groups in total. The van der Waals surface area contributed by atoms with Crippen molar-refractivity contribution in [3.8, 4) is 0 Å². The lowest BCUT2D eigenvalue weighted by Gasteiger charge is -2.00. The van der Waals surface area contributed by atoms with Gasteiger partial charge in [0.1, 0.15) is 6.21 Å². The van der Waals surface area contributed by atoms with Crippen molar-refractivity contribution in [3.63, 3.8) is 0 Å². The van der Waals surface area contributed by atoms with Crippen molar-refractivity contribution in [3.05, 3.63) is 35.6 Å². The summed E-state index contributed by atoms with van der Waals surface area (Å²) in [5, 5.41) is 0. The number of hydrogen-bond donors (Lipinski definition) is 0. The van der Waals surface area contributed by atoms with Gasteiger partial charge in [-0.3, -0.25) is 0 Å². The van der Waals surface area contributed by atoms with Gasteiger partial charge in [0, 0.05) is 6.07 Å². The molecule has 1 aromatic rings. The van der Waals surface area contributed by atoms with Gasteiger partial charge in [-0.2, -0.15) is 0 Å². The van der Waals surface area contributed by atoms with Gasteiger partial charge in [-0.25, -0.2) is 4.24 Å². The quantitative estimate of drug-likeness (QED) is 0.570. The van der Waals surface area contributed by atoms with Gasteiger partial charge in [0.2, 0.25) is 0 Å². The van der Waals surface area contributed by atoms with Crippen molar-refractivity contribution in [2.24, 2.45) is 4.99 Å². The van der Waals surface area contributed by atoms with Gasteiger partial charge in [0.15, 0.2) is 6.04 Å². The maximum atomic E-state index is 4.46. The lowest BCUT2D eigenvalue weighted by atomic mass is 10.1. The smallest absolute Gasteiger partial charge is 0.203 e. The van der Waals surface area contributed by atoms with Crippen molar-refractivity contribution in [2.75, 3.05) is 0 Å². The zero-order valence-electron chi connectivity index (χ0n) is 8.36. The van der Waals surface area contributed by atoms with Gasteiger partial charge in [-0.15, -0.1) is 0 Å². The molecule has 0 bridgehead atoms. The second kappa shape index (κ2) is 2.95. The minimum Gasteiger partial charge on any atom is -0.203 e. The summed E-state index contributed by atoms with van der Waals surface area (Å²) in [6.07, 6.45) is 4.31. The van der Waals surface area contributed by atoms with Crippen molar-refractivity contribution in [2.45, 2.75) is 32.7 Å². The predicted molar refractivity (Wildman–Crippen MR) is 51.0 cm³/mol. The summed E-state index contributed by atoms with van der Waals surface area (Å²) in [6.45, 7) is 6.51. The van der Waals surface area contributed by atoms with Crippen LogP contribution in [-0.4, -0.2) is 6.04 Å². The average Bonchev–Trinajstić information content (AvgIpc) is 2.42. The van der Waals surface area contributed by atoms with Crippen LogP contribution in [0.5, 0.6) is 0 Å². The van der Waals surface area contributed by atoms with E-state index in [0.717, 1.165) is 5.49 Å². The van der Waals surface area contributed by atoms with Crippen LogP contribution >= 0.6 is 0 Å². The second-order valence-electron chi connectivity index (χ2n) is 3.90. The molecule has 0 saturated carbocycles. The topological polar surface area (TPSA) is 18.3 Å². The molecule has 0 spiro atoms. The van der Waals surface area contributed by atoms with Crippen LogP contribution in [0.3, 0.4) is 0 Å². The number of hydrogen-bond acceptors (Lipinski definition) is 1. The summed E-state index contributed by atoms with van der Waals surface area (Å²) in [5.74, 6) is 0.585. The number of nitrogens with zero attached hydrogens (tertiary/aromatic N) is 2. The molecule has 2 heteroatoms. The molecular weight excluding hydrogens is 160 g/mol. The highest BCUT2D eigenvalue weighted by Gasteiger charge is 2.13. The van der Waals surface area contributed by atoms with Crippen LogP contribution in [0.4, 0.5) is 0 Å². The number of aromatic nitrogens is 1. The summed E-state index contributed by atoms with van der Waals surface area (Å²) >= 11 is 0. The number of pyridine rings is 1. The fourth-order valence-electron chi connectivity index (χ4n) is 1.57. The van der Waals surface area contributed by atoms with E-state index in [1.807, 2.05) is 0 Å². The van der Waals surface area contributed by atoms with E-state index in [1.54, 1.807) is 0 Å². The van der Waals surface area contributed by atoms with Gasteiger partial charge in [0.25, 0.3) is 0 Å². The van der Waals surface area contributed by atoms with Crippen LogP contribution in [0, 0.1) is 6.21 Å². The molecule has 2 nitrogen and oxygen atoms in total. The highest BCUT2D eigenvalue weighted by atomic mass is 15.0. The van der Waals surface area contributed by atoms with Crippen molar-refractivity contribution >= 4 is 0 Å². The SMILES string of the molecule is CC1C=[n+]2cc(C(C)C)ccc2=N1. The van der Waals surface area contributed by atoms with Gasteiger partial charge < -0.3 is 0 Å². The third kappa shape index (κ3) is 1.48. The molecule has 13 heavy (non-hydrogen) atoms. The van der Waals surface area contributed by atoms with Gasteiger partial charge in [-0.1, -0.05) is 18.8 Å². The van der Waals surface area contributed by atoms with Crippen LogP contribution in [0.1, 0.15) is 32.3 Å². The van der Waals surface area contributed by atoms with E-state index >= 15 is 0 Å². The minimum atomic E-state index is 0.322. The lowest BCUT2D eigenvalue weighted by molar-refractivity contribution is -0.523. The molecule has 1 aliphatic heterocycles. The van der Waals surface area contributed by atoms with E-state index in [-0.39, 0.29) is 0 Å². The van der Waals surface area contributed by atoms with E-state index < -0.39 is 0 Å². The minimum absolute atomic E-state index is 0.322.